The highest BCUT2D eigenvalue weighted by Gasteiger charge is 2.35. The molecular formula is C18H17NO5. The molecule has 0 saturated carbocycles. The molecule has 1 unspecified atom stereocenters. The van der Waals surface area contributed by atoms with Crippen LogP contribution in [0, 0.1) is 0 Å². The van der Waals surface area contributed by atoms with Crippen molar-refractivity contribution in [1.29, 1.82) is 0 Å². The number of carbonyl (C=O) groups excluding carboxylic acids is 2. The summed E-state index contributed by atoms with van der Waals surface area (Å²) in [5, 5.41) is 3.12. The molecular weight excluding hydrogens is 310 g/mol. The molecule has 0 saturated heterocycles. The maximum atomic E-state index is 12.2. The van der Waals surface area contributed by atoms with Crippen LogP contribution in [0.3, 0.4) is 0 Å². The van der Waals surface area contributed by atoms with Gasteiger partial charge in [-0.15, -0.1) is 0 Å². The van der Waals surface area contributed by atoms with Crippen LogP contribution in [0.4, 0.5) is 5.69 Å². The summed E-state index contributed by atoms with van der Waals surface area (Å²) in [4.78, 5) is 23.7. The number of Topliss-reactive ketones (excluding diaryl/α,β-unsaturated/α-hetero) is 1. The number of methoxy groups -OCH3 is 2. The highest BCUT2D eigenvalue weighted by atomic mass is 16.6. The molecule has 2 aromatic carbocycles. The number of carbonyl (C=O) groups is 2. The van der Waals surface area contributed by atoms with Gasteiger partial charge in [0.1, 0.15) is 5.56 Å². The first-order valence-electron chi connectivity index (χ1n) is 7.38. The Balaban J connectivity index is 1.95. The molecule has 0 fully saturated rings. The van der Waals surface area contributed by atoms with Crippen molar-refractivity contribution in [3.05, 3.63) is 53.1 Å². The summed E-state index contributed by atoms with van der Waals surface area (Å²) in [5.74, 6) is 0.295. The number of rotatable bonds is 5. The zero-order valence-corrected chi connectivity index (χ0v) is 13.6. The van der Waals surface area contributed by atoms with E-state index < -0.39 is 12.2 Å². The van der Waals surface area contributed by atoms with E-state index in [2.05, 4.69) is 5.32 Å². The highest BCUT2D eigenvalue weighted by Crippen LogP contribution is 2.42. The van der Waals surface area contributed by atoms with Crippen LogP contribution < -0.4 is 14.8 Å². The average molecular weight is 327 g/mol. The first kappa shape index (κ1) is 15.9. The molecule has 1 atom stereocenters. The SMILES string of the molecule is COc1ccc2c(c1OC)C(=O)OC2Nc1cccc(C(C)=O)c1. The van der Waals surface area contributed by atoms with Crippen molar-refractivity contribution >= 4 is 17.4 Å². The molecule has 0 aliphatic carbocycles. The predicted molar refractivity (Wildman–Crippen MR) is 87.8 cm³/mol. The van der Waals surface area contributed by atoms with Crippen molar-refractivity contribution in [3.8, 4) is 11.5 Å². The number of nitrogens with one attached hydrogen (secondary N) is 1. The van der Waals surface area contributed by atoms with Crippen LogP contribution in [0.25, 0.3) is 0 Å². The molecule has 124 valence electrons. The average Bonchev–Trinajstić information content (AvgIpc) is 2.90. The van der Waals surface area contributed by atoms with Crippen LogP contribution in [-0.2, 0) is 4.74 Å². The topological polar surface area (TPSA) is 73.9 Å². The number of hydrogen-bond acceptors (Lipinski definition) is 6. The smallest absolute Gasteiger partial charge is 0.344 e. The molecule has 1 heterocycles. The third-order valence-electron chi connectivity index (χ3n) is 3.86. The molecule has 0 radical (unpaired) electrons. The predicted octanol–water partition coefficient (Wildman–Crippen LogP) is 3.19. The summed E-state index contributed by atoms with van der Waals surface area (Å²) >= 11 is 0. The van der Waals surface area contributed by atoms with Gasteiger partial charge in [-0.2, -0.15) is 0 Å². The second-order valence-corrected chi connectivity index (χ2v) is 5.33. The molecule has 1 N–H and O–H groups in total. The fourth-order valence-corrected chi connectivity index (χ4v) is 2.69. The van der Waals surface area contributed by atoms with Gasteiger partial charge in [-0.3, -0.25) is 4.79 Å². The van der Waals surface area contributed by atoms with Gasteiger partial charge in [-0.25, -0.2) is 4.79 Å². The summed E-state index contributed by atoms with van der Waals surface area (Å²) in [5.41, 5.74) is 2.27. The lowest BCUT2D eigenvalue weighted by Crippen LogP contribution is -2.10. The third kappa shape index (κ3) is 2.67. The third-order valence-corrected chi connectivity index (χ3v) is 3.86. The van der Waals surface area contributed by atoms with E-state index in [1.807, 2.05) is 0 Å². The van der Waals surface area contributed by atoms with Crippen LogP contribution in [0.1, 0.15) is 39.4 Å². The van der Waals surface area contributed by atoms with Crippen molar-refractivity contribution < 1.29 is 23.8 Å². The van der Waals surface area contributed by atoms with E-state index in [4.69, 9.17) is 14.2 Å². The van der Waals surface area contributed by atoms with Gasteiger partial charge in [0.15, 0.2) is 17.3 Å². The number of ketones is 1. The molecule has 6 nitrogen and oxygen atoms in total. The van der Waals surface area contributed by atoms with Gasteiger partial charge in [-0.1, -0.05) is 12.1 Å². The van der Waals surface area contributed by atoms with E-state index in [1.165, 1.54) is 21.1 Å². The molecule has 0 spiro atoms. The Bertz CT molecular complexity index is 815. The van der Waals surface area contributed by atoms with Crippen LogP contribution >= 0.6 is 0 Å². The molecule has 0 amide bonds. The Morgan fingerprint density at radius 2 is 1.96 bits per heavy atom. The minimum absolute atomic E-state index is 0.0335. The lowest BCUT2D eigenvalue weighted by Gasteiger charge is -2.15. The van der Waals surface area contributed by atoms with Gasteiger partial charge in [-0.05, 0) is 31.2 Å². The van der Waals surface area contributed by atoms with Crippen molar-refractivity contribution in [2.24, 2.45) is 0 Å². The number of esters is 1. The van der Waals surface area contributed by atoms with Crippen LogP contribution in [0.5, 0.6) is 11.5 Å². The monoisotopic (exact) mass is 327 g/mol. The lowest BCUT2D eigenvalue weighted by atomic mass is 10.1. The highest BCUT2D eigenvalue weighted by molar-refractivity contribution is 5.98. The van der Waals surface area contributed by atoms with E-state index in [9.17, 15) is 9.59 Å². The maximum Gasteiger partial charge on any atom is 0.344 e. The van der Waals surface area contributed by atoms with E-state index in [1.54, 1.807) is 36.4 Å². The zero-order valence-electron chi connectivity index (χ0n) is 13.6. The largest absolute Gasteiger partial charge is 0.493 e. The van der Waals surface area contributed by atoms with E-state index in [-0.39, 0.29) is 5.78 Å². The Kier molecular flexibility index (Phi) is 4.12. The van der Waals surface area contributed by atoms with E-state index >= 15 is 0 Å². The first-order valence-corrected chi connectivity index (χ1v) is 7.38. The molecule has 1 aliphatic rings. The van der Waals surface area contributed by atoms with Gasteiger partial charge >= 0.3 is 5.97 Å². The lowest BCUT2D eigenvalue weighted by molar-refractivity contribution is 0.0435. The molecule has 6 heteroatoms. The van der Waals surface area contributed by atoms with E-state index in [0.717, 1.165) is 0 Å². The zero-order chi connectivity index (χ0) is 17.3. The standard InChI is InChI=1S/C18H17NO5/c1-10(20)11-5-4-6-12(9-11)19-17-13-7-8-14(22-2)16(23-3)15(13)18(21)24-17/h4-9,17,19H,1-3H3. The molecule has 3 rings (SSSR count). The first-order chi connectivity index (χ1) is 11.5. The number of benzene rings is 2. The van der Waals surface area contributed by atoms with E-state index in [0.29, 0.717) is 33.9 Å². The van der Waals surface area contributed by atoms with Gasteiger partial charge in [0, 0.05) is 16.8 Å². The molecule has 2 aromatic rings. The summed E-state index contributed by atoms with van der Waals surface area (Å²) in [7, 11) is 2.98. The maximum absolute atomic E-state index is 12.2. The Morgan fingerprint density at radius 1 is 1.17 bits per heavy atom. The van der Waals surface area contributed by atoms with Gasteiger partial charge < -0.3 is 19.5 Å². The number of hydrogen-bond donors (Lipinski definition) is 1. The van der Waals surface area contributed by atoms with Gasteiger partial charge in [0.2, 0.25) is 6.23 Å². The Labute approximate surface area is 139 Å². The minimum atomic E-state index is -0.658. The van der Waals surface area contributed by atoms with Crippen molar-refractivity contribution in [2.75, 3.05) is 19.5 Å². The summed E-state index contributed by atoms with van der Waals surface area (Å²) in [6.07, 6.45) is -0.658. The van der Waals surface area contributed by atoms with Crippen LogP contribution in [-0.4, -0.2) is 26.0 Å². The van der Waals surface area contributed by atoms with Crippen LogP contribution in [0.15, 0.2) is 36.4 Å². The van der Waals surface area contributed by atoms with Crippen LogP contribution in [0.2, 0.25) is 0 Å². The molecule has 0 bridgehead atoms. The fourth-order valence-electron chi connectivity index (χ4n) is 2.69. The summed E-state index contributed by atoms with van der Waals surface area (Å²) in [6, 6.07) is 10.5. The molecule has 1 aliphatic heterocycles. The van der Waals surface area contributed by atoms with Crippen molar-refractivity contribution in [1.82, 2.24) is 0 Å². The Morgan fingerprint density at radius 3 is 2.62 bits per heavy atom. The summed E-state index contributed by atoms with van der Waals surface area (Å²) in [6.45, 7) is 1.50. The molecule has 0 aromatic heterocycles. The number of anilines is 1. The minimum Gasteiger partial charge on any atom is -0.493 e. The second kappa shape index (κ2) is 6.23. The second-order valence-electron chi connectivity index (χ2n) is 5.33. The van der Waals surface area contributed by atoms with Gasteiger partial charge in [0.25, 0.3) is 0 Å². The number of cyclic esters (lactones) is 1. The Hall–Kier alpha value is -3.02. The number of fused-ring (bicyclic) bond motifs is 1. The summed E-state index contributed by atoms with van der Waals surface area (Å²) < 4.78 is 15.9. The number of ether oxygens (including phenoxy) is 3. The normalized spacial score (nSPS) is 15.5. The van der Waals surface area contributed by atoms with Gasteiger partial charge in [0.05, 0.1) is 14.2 Å². The fraction of sp³-hybridized carbons (Fsp3) is 0.222. The molecule has 24 heavy (non-hydrogen) atoms. The van der Waals surface area contributed by atoms with Crippen molar-refractivity contribution in [2.45, 2.75) is 13.2 Å². The van der Waals surface area contributed by atoms with Crippen molar-refractivity contribution in [3.63, 3.8) is 0 Å². The quantitative estimate of drug-likeness (QED) is 0.671.